The van der Waals surface area contributed by atoms with E-state index in [1.54, 1.807) is 18.6 Å². The standard InChI is InChI=1S/C27H31N7O2/c1-33-11-3-12-34(15-14-33)13-9-19-4-6-22(7-5-19)31-25-24-20(8-10-28-26(24)35)16-23(32-25)21-17-29-27(36-2)30-18-21/h4-8,10,16-18H,3,9,11-15H2,1-2H3,(H,28,35)(H,31,32). The minimum Gasteiger partial charge on any atom is -0.467 e. The maximum absolute atomic E-state index is 12.7. The zero-order chi connectivity index (χ0) is 24.9. The van der Waals surface area contributed by atoms with Gasteiger partial charge in [-0.05, 0) is 68.2 Å². The van der Waals surface area contributed by atoms with Crippen LogP contribution in [-0.2, 0) is 6.42 Å². The van der Waals surface area contributed by atoms with Gasteiger partial charge in [-0.3, -0.25) is 4.79 Å². The predicted octanol–water partition coefficient (Wildman–Crippen LogP) is 3.31. The molecule has 5 rings (SSSR count). The topological polar surface area (TPSA) is 99.3 Å². The number of nitrogens with zero attached hydrogens (tertiary/aromatic N) is 5. The summed E-state index contributed by atoms with van der Waals surface area (Å²) < 4.78 is 5.06. The number of hydrogen-bond acceptors (Lipinski definition) is 8. The number of aromatic nitrogens is 4. The Kier molecular flexibility index (Phi) is 7.20. The Labute approximate surface area is 210 Å². The summed E-state index contributed by atoms with van der Waals surface area (Å²) in [5.74, 6) is 0.488. The van der Waals surface area contributed by atoms with E-state index in [1.165, 1.54) is 25.6 Å². The Morgan fingerprint density at radius 3 is 2.64 bits per heavy atom. The van der Waals surface area contributed by atoms with E-state index in [9.17, 15) is 4.79 Å². The molecule has 0 spiro atoms. The van der Waals surface area contributed by atoms with Gasteiger partial charge in [0.15, 0.2) is 0 Å². The van der Waals surface area contributed by atoms with Crippen molar-refractivity contribution in [2.75, 3.05) is 52.2 Å². The highest BCUT2D eigenvalue weighted by Gasteiger charge is 2.14. The number of anilines is 2. The molecule has 0 aliphatic carbocycles. The Morgan fingerprint density at radius 2 is 1.86 bits per heavy atom. The van der Waals surface area contributed by atoms with E-state index in [1.807, 2.05) is 24.3 Å². The number of benzene rings is 1. The molecule has 1 aromatic carbocycles. The highest BCUT2D eigenvalue weighted by molar-refractivity contribution is 5.95. The summed E-state index contributed by atoms with van der Waals surface area (Å²) in [5, 5.41) is 4.64. The van der Waals surface area contributed by atoms with E-state index in [-0.39, 0.29) is 11.6 Å². The van der Waals surface area contributed by atoms with E-state index in [4.69, 9.17) is 9.72 Å². The van der Waals surface area contributed by atoms with Crippen molar-refractivity contribution in [2.24, 2.45) is 0 Å². The SMILES string of the molecule is COc1ncc(-c2cc3cc[nH]c(=O)c3c(Nc3ccc(CCN4CCCN(C)CC4)cc3)n2)cn1. The molecule has 2 N–H and O–H groups in total. The van der Waals surface area contributed by atoms with Crippen LogP contribution in [-0.4, -0.2) is 76.6 Å². The second-order valence-corrected chi connectivity index (χ2v) is 9.16. The third-order valence-electron chi connectivity index (χ3n) is 6.61. The van der Waals surface area contributed by atoms with Crippen LogP contribution in [0.2, 0.25) is 0 Å². The molecule has 0 bridgehead atoms. The van der Waals surface area contributed by atoms with Crippen LogP contribution in [0.1, 0.15) is 12.0 Å². The molecule has 1 aliphatic heterocycles. The molecular formula is C27H31N7O2. The second kappa shape index (κ2) is 10.8. The largest absolute Gasteiger partial charge is 0.467 e. The normalized spacial score (nSPS) is 15.1. The molecular weight excluding hydrogens is 454 g/mol. The number of hydrogen-bond donors (Lipinski definition) is 2. The number of ether oxygens (including phenoxy) is 1. The van der Waals surface area contributed by atoms with Crippen molar-refractivity contribution in [1.29, 1.82) is 0 Å². The van der Waals surface area contributed by atoms with Gasteiger partial charge in [0, 0.05) is 49.5 Å². The van der Waals surface area contributed by atoms with Crippen molar-refractivity contribution in [1.82, 2.24) is 29.7 Å². The zero-order valence-corrected chi connectivity index (χ0v) is 20.7. The van der Waals surface area contributed by atoms with Crippen LogP contribution in [0.5, 0.6) is 6.01 Å². The maximum atomic E-state index is 12.7. The van der Waals surface area contributed by atoms with E-state index in [0.717, 1.165) is 49.2 Å². The second-order valence-electron chi connectivity index (χ2n) is 9.16. The van der Waals surface area contributed by atoms with E-state index in [2.05, 4.69) is 49.2 Å². The Morgan fingerprint density at radius 1 is 1.06 bits per heavy atom. The molecule has 4 heterocycles. The van der Waals surface area contributed by atoms with Crippen LogP contribution in [0, 0.1) is 0 Å². The molecule has 3 aromatic heterocycles. The van der Waals surface area contributed by atoms with Gasteiger partial charge >= 0.3 is 6.01 Å². The minimum atomic E-state index is -0.195. The number of pyridine rings is 2. The summed E-state index contributed by atoms with van der Waals surface area (Å²) >= 11 is 0. The van der Waals surface area contributed by atoms with Crippen LogP contribution >= 0.6 is 0 Å². The van der Waals surface area contributed by atoms with Crippen molar-refractivity contribution in [3.05, 3.63) is 70.9 Å². The van der Waals surface area contributed by atoms with Crippen LogP contribution < -0.4 is 15.6 Å². The lowest BCUT2D eigenvalue weighted by Gasteiger charge is -2.20. The molecule has 0 radical (unpaired) electrons. The fourth-order valence-electron chi connectivity index (χ4n) is 4.51. The summed E-state index contributed by atoms with van der Waals surface area (Å²) in [6.07, 6.45) is 7.20. The number of H-pyrrole nitrogens is 1. The lowest BCUT2D eigenvalue weighted by Crippen LogP contribution is -2.30. The summed E-state index contributed by atoms with van der Waals surface area (Å²) in [5.41, 5.74) is 3.36. The maximum Gasteiger partial charge on any atom is 0.316 e. The minimum absolute atomic E-state index is 0.195. The van der Waals surface area contributed by atoms with Crippen molar-refractivity contribution >= 4 is 22.3 Å². The fraction of sp³-hybridized carbons (Fsp3) is 0.333. The molecule has 1 saturated heterocycles. The molecule has 0 atom stereocenters. The Hall–Kier alpha value is -3.82. The Balaban J connectivity index is 1.35. The van der Waals surface area contributed by atoms with Gasteiger partial charge in [-0.2, -0.15) is 0 Å². The average Bonchev–Trinajstić information content (AvgIpc) is 3.12. The molecule has 1 fully saturated rings. The van der Waals surface area contributed by atoms with Crippen molar-refractivity contribution < 1.29 is 4.74 Å². The van der Waals surface area contributed by atoms with Gasteiger partial charge in [0.1, 0.15) is 5.82 Å². The van der Waals surface area contributed by atoms with Gasteiger partial charge in [0.25, 0.3) is 5.56 Å². The monoisotopic (exact) mass is 485 g/mol. The van der Waals surface area contributed by atoms with Gasteiger partial charge in [0.05, 0.1) is 18.2 Å². The first-order valence-electron chi connectivity index (χ1n) is 12.2. The number of fused-ring (bicyclic) bond motifs is 1. The third kappa shape index (κ3) is 5.53. The molecule has 9 heteroatoms. The number of aromatic amines is 1. The van der Waals surface area contributed by atoms with Crippen LogP contribution in [0.15, 0.2) is 59.8 Å². The van der Waals surface area contributed by atoms with Gasteiger partial charge in [0.2, 0.25) is 0 Å². The van der Waals surface area contributed by atoms with Crippen molar-refractivity contribution in [3.8, 4) is 17.3 Å². The third-order valence-corrected chi connectivity index (χ3v) is 6.61. The summed E-state index contributed by atoms with van der Waals surface area (Å²) in [6, 6.07) is 12.4. The number of nitrogens with one attached hydrogen (secondary N) is 2. The number of rotatable bonds is 7. The van der Waals surface area contributed by atoms with Crippen molar-refractivity contribution in [2.45, 2.75) is 12.8 Å². The fourth-order valence-corrected chi connectivity index (χ4v) is 4.51. The van der Waals surface area contributed by atoms with Crippen molar-refractivity contribution in [3.63, 3.8) is 0 Å². The zero-order valence-electron chi connectivity index (χ0n) is 20.7. The molecule has 1 aliphatic rings. The number of likely N-dealkylation sites (N-methyl/N-ethyl adjacent to an activating group) is 1. The van der Waals surface area contributed by atoms with Crippen LogP contribution in [0.25, 0.3) is 22.0 Å². The van der Waals surface area contributed by atoms with Gasteiger partial charge < -0.3 is 24.8 Å². The lowest BCUT2D eigenvalue weighted by atomic mass is 10.1. The molecule has 0 unspecified atom stereocenters. The first-order chi connectivity index (χ1) is 17.6. The Bertz CT molecular complexity index is 1370. The molecule has 0 saturated carbocycles. The molecule has 36 heavy (non-hydrogen) atoms. The smallest absolute Gasteiger partial charge is 0.316 e. The van der Waals surface area contributed by atoms with Gasteiger partial charge in [-0.15, -0.1) is 0 Å². The first-order valence-corrected chi connectivity index (χ1v) is 12.2. The first kappa shape index (κ1) is 23.9. The van der Waals surface area contributed by atoms with E-state index in [0.29, 0.717) is 16.9 Å². The molecule has 4 aromatic rings. The molecule has 0 amide bonds. The average molecular weight is 486 g/mol. The van der Waals surface area contributed by atoms with Gasteiger partial charge in [-0.1, -0.05) is 12.1 Å². The summed E-state index contributed by atoms with van der Waals surface area (Å²) in [6.45, 7) is 5.65. The highest BCUT2D eigenvalue weighted by atomic mass is 16.5. The van der Waals surface area contributed by atoms with Crippen LogP contribution in [0.4, 0.5) is 11.5 Å². The summed E-state index contributed by atoms with van der Waals surface area (Å²) in [7, 11) is 3.72. The van der Waals surface area contributed by atoms with Crippen LogP contribution in [0.3, 0.4) is 0 Å². The van der Waals surface area contributed by atoms with Gasteiger partial charge in [-0.25, -0.2) is 15.0 Å². The molecule has 186 valence electrons. The molecule has 9 nitrogen and oxygen atoms in total. The number of methoxy groups -OCH3 is 1. The highest BCUT2D eigenvalue weighted by Crippen LogP contribution is 2.27. The van der Waals surface area contributed by atoms with E-state index >= 15 is 0 Å². The quantitative estimate of drug-likeness (QED) is 0.411. The lowest BCUT2D eigenvalue weighted by molar-refractivity contribution is 0.279. The summed E-state index contributed by atoms with van der Waals surface area (Å²) in [4.78, 5) is 33.5. The van der Waals surface area contributed by atoms with E-state index < -0.39 is 0 Å². The predicted molar refractivity (Wildman–Crippen MR) is 142 cm³/mol.